The van der Waals surface area contributed by atoms with Gasteiger partial charge in [-0.2, -0.15) is 0 Å². The Morgan fingerprint density at radius 3 is 2.63 bits per heavy atom. The van der Waals surface area contributed by atoms with Crippen LogP contribution in [0, 0.1) is 0 Å². The van der Waals surface area contributed by atoms with E-state index in [-0.39, 0.29) is 12.5 Å². The van der Waals surface area contributed by atoms with Crippen molar-refractivity contribution in [2.24, 2.45) is 5.84 Å². The zero-order chi connectivity index (χ0) is 14.6. The van der Waals surface area contributed by atoms with E-state index >= 15 is 0 Å². The van der Waals surface area contributed by atoms with Gasteiger partial charge in [-0.1, -0.05) is 6.92 Å². The van der Waals surface area contributed by atoms with E-state index in [1.165, 1.54) is 4.90 Å². The van der Waals surface area contributed by atoms with Crippen LogP contribution in [0.5, 0.6) is 0 Å². The summed E-state index contributed by atoms with van der Waals surface area (Å²) in [7, 11) is 1.65. The van der Waals surface area contributed by atoms with Gasteiger partial charge in [0.1, 0.15) is 5.82 Å². The first-order valence-corrected chi connectivity index (χ1v) is 6.22. The minimum Gasteiger partial charge on any atom is -0.389 e. The Morgan fingerprint density at radius 1 is 1.53 bits per heavy atom. The number of nitrogens with two attached hydrogens (primary N) is 1. The summed E-state index contributed by atoms with van der Waals surface area (Å²) in [5.41, 5.74) is 2.82. The van der Waals surface area contributed by atoms with Gasteiger partial charge in [-0.25, -0.2) is 10.8 Å². The molecule has 0 unspecified atom stereocenters. The number of anilines is 1. The molecule has 106 valence electrons. The quantitative estimate of drug-likeness (QED) is 0.541. The van der Waals surface area contributed by atoms with Gasteiger partial charge in [0, 0.05) is 24.8 Å². The van der Waals surface area contributed by atoms with Crippen LogP contribution in [0.3, 0.4) is 0 Å². The summed E-state index contributed by atoms with van der Waals surface area (Å²) in [4.78, 5) is 18.0. The third kappa shape index (κ3) is 4.50. The molecular formula is C13H22N4O2. The lowest BCUT2D eigenvalue weighted by Gasteiger charge is -2.25. The van der Waals surface area contributed by atoms with E-state index in [1.54, 1.807) is 33.0 Å². The van der Waals surface area contributed by atoms with Gasteiger partial charge < -0.3 is 15.4 Å². The highest BCUT2D eigenvalue weighted by molar-refractivity contribution is 5.94. The summed E-state index contributed by atoms with van der Waals surface area (Å²) < 4.78 is 0. The van der Waals surface area contributed by atoms with E-state index in [4.69, 9.17) is 5.84 Å². The van der Waals surface area contributed by atoms with Crippen LogP contribution in [0.2, 0.25) is 0 Å². The van der Waals surface area contributed by atoms with E-state index in [0.29, 0.717) is 17.8 Å². The number of nitrogens with one attached hydrogen (secondary N) is 1. The topological polar surface area (TPSA) is 91.5 Å². The molecule has 0 saturated carbocycles. The van der Waals surface area contributed by atoms with Gasteiger partial charge in [-0.3, -0.25) is 4.79 Å². The Morgan fingerprint density at radius 2 is 2.16 bits per heavy atom. The van der Waals surface area contributed by atoms with Crippen molar-refractivity contribution in [3.8, 4) is 0 Å². The molecule has 0 spiro atoms. The van der Waals surface area contributed by atoms with Gasteiger partial charge in [0.25, 0.3) is 5.91 Å². The van der Waals surface area contributed by atoms with Crippen molar-refractivity contribution in [2.45, 2.75) is 32.8 Å². The molecular weight excluding hydrogens is 244 g/mol. The predicted octanol–water partition coefficient (Wildman–Crippen LogP) is 0.772. The second kappa shape index (κ2) is 5.99. The Labute approximate surface area is 113 Å². The van der Waals surface area contributed by atoms with E-state index in [2.05, 4.69) is 10.4 Å². The predicted molar refractivity (Wildman–Crippen MR) is 74.7 cm³/mol. The standard InChI is InChI=1S/C13H22N4O2/c1-5-10-6-9(7-11(15-10)16-14)12(18)17(4)8-13(2,3)19/h6-7,19H,5,8,14H2,1-4H3,(H,15,16). The highest BCUT2D eigenvalue weighted by Crippen LogP contribution is 2.14. The molecule has 0 aliphatic carbocycles. The van der Waals surface area contributed by atoms with Gasteiger partial charge in [-0.15, -0.1) is 0 Å². The Hall–Kier alpha value is -1.66. The molecule has 1 aromatic rings. The van der Waals surface area contributed by atoms with Crippen molar-refractivity contribution in [2.75, 3.05) is 19.0 Å². The number of aliphatic hydroxyl groups is 1. The normalized spacial score (nSPS) is 11.3. The van der Waals surface area contributed by atoms with E-state index in [1.807, 2.05) is 6.92 Å². The summed E-state index contributed by atoms with van der Waals surface area (Å²) in [6.45, 7) is 5.53. The molecule has 0 aromatic carbocycles. The number of carbonyl (C=O) groups excluding carboxylic acids is 1. The molecule has 6 nitrogen and oxygen atoms in total. The van der Waals surface area contributed by atoms with Crippen LogP contribution in [-0.2, 0) is 6.42 Å². The fraction of sp³-hybridized carbons (Fsp3) is 0.538. The Bertz CT molecular complexity index is 432. The third-order valence-electron chi connectivity index (χ3n) is 2.61. The number of carbonyl (C=O) groups is 1. The van der Waals surface area contributed by atoms with Gasteiger partial charge in [-0.05, 0) is 32.4 Å². The van der Waals surface area contributed by atoms with Crippen molar-refractivity contribution in [3.05, 3.63) is 23.4 Å². The van der Waals surface area contributed by atoms with Crippen molar-refractivity contribution in [1.29, 1.82) is 0 Å². The summed E-state index contributed by atoms with van der Waals surface area (Å²) in [5, 5.41) is 9.75. The molecule has 1 heterocycles. The van der Waals surface area contributed by atoms with Crippen molar-refractivity contribution in [1.82, 2.24) is 9.88 Å². The molecule has 0 radical (unpaired) electrons. The summed E-state index contributed by atoms with van der Waals surface area (Å²) in [6.07, 6.45) is 0.713. The van der Waals surface area contributed by atoms with Crippen LogP contribution >= 0.6 is 0 Å². The largest absolute Gasteiger partial charge is 0.389 e. The molecule has 0 bridgehead atoms. The van der Waals surface area contributed by atoms with Crippen LogP contribution in [0.1, 0.15) is 36.8 Å². The molecule has 1 rings (SSSR count). The SMILES string of the molecule is CCc1cc(C(=O)N(C)CC(C)(C)O)cc(NN)n1. The molecule has 0 aliphatic rings. The molecule has 19 heavy (non-hydrogen) atoms. The van der Waals surface area contributed by atoms with Crippen molar-refractivity contribution >= 4 is 11.7 Å². The highest BCUT2D eigenvalue weighted by atomic mass is 16.3. The maximum atomic E-state index is 12.3. The number of amides is 1. The van der Waals surface area contributed by atoms with Crippen LogP contribution in [0.4, 0.5) is 5.82 Å². The number of nitrogens with zero attached hydrogens (tertiary/aromatic N) is 2. The number of nitrogen functional groups attached to an aromatic ring is 1. The summed E-state index contributed by atoms with van der Waals surface area (Å²) >= 11 is 0. The van der Waals surface area contributed by atoms with Crippen LogP contribution in [0.25, 0.3) is 0 Å². The fourth-order valence-electron chi connectivity index (χ4n) is 1.84. The molecule has 0 fully saturated rings. The molecule has 6 heteroatoms. The summed E-state index contributed by atoms with van der Waals surface area (Å²) in [6, 6.07) is 3.34. The molecule has 0 atom stereocenters. The molecule has 4 N–H and O–H groups in total. The second-order valence-electron chi connectivity index (χ2n) is 5.20. The smallest absolute Gasteiger partial charge is 0.253 e. The maximum absolute atomic E-state index is 12.3. The van der Waals surface area contributed by atoms with Gasteiger partial charge >= 0.3 is 0 Å². The lowest BCUT2D eigenvalue weighted by Crippen LogP contribution is -2.39. The number of hydrazine groups is 1. The fourth-order valence-corrected chi connectivity index (χ4v) is 1.84. The van der Waals surface area contributed by atoms with Crippen molar-refractivity contribution < 1.29 is 9.90 Å². The highest BCUT2D eigenvalue weighted by Gasteiger charge is 2.21. The summed E-state index contributed by atoms with van der Waals surface area (Å²) in [5.74, 6) is 5.63. The van der Waals surface area contributed by atoms with Crippen LogP contribution in [0.15, 0.2) is 12.1 Å². The average Bonchev–Trinajstić information content (AvgIpc) is 2.35. The number of rotatable bonds is 5. The number of likely N-dealkylation sites (N-methyl/N-ethyl adjacent to an activating group) is 1. The number of hydrogen-bond acceptors (Lipinski definition) is 5. The maximum Gasteiger partial charge on any atom is 0.253 e. The zero-order valence-corrected chi connectivity index (χ0v) is 11.9. The molecule has 0 saturated heterocycles. The first-order chi connectivity index (χ1) is 8.76. The average molecular weight is 266 g/mol. The minimum absolute atomic E-state index is 0.171. The molecule has 1 aromatic heterocycles. The second-order valence-corrected chi connectivity index (χ2v) is 5.20. The monoisotopic (exact) mass is 266 g/mol. The van der Waals surface area contributed by atoms with E-state index in [9.17, 15) is 9.90 Å². The number of aryl methyl sites for hydroxylation is 1. The first-order valence-electron chi connectivity index (χ1n) is 6.22. The van der Waals surface area contributed by atoms with Crippen LogP contribution in [-0.4, -0.2) is 40.1 Å². The van der Waals surface area contributed by atoms with Crippen LogP contribution < -0.4 is 11.3 Å². The number of pyridine rings is 1. The van der Waals surface area contributed by atoms with Gasteiger partial charge in [0.2, 0.25) is 0 Å². The lowest BCUT2D eigenvalue weighted by molar-refractivity contribution is 0.0368. The Balaban J connectivity index is 2.98. The lowest BCUT2D eigenvalue weighted by atomic mass is 10.1. The number of hydrogen-bond donors (Lipinski definition) is 3. The molecule has 1 amide bonds. The number of aromatic nitrogens is 1. The first kappa shape index (κ1) is 15.4. The van der Waals surface area contributed by atoms with E-state index in [0.717, 1.165) is 5.69 Å². The third-order valence-corrected chi connectivity index (χ3v) is 2.61. The Kier molecular flexibility index (Phi) is 4.85. The molecule has 0 aliphatic heterocycles. The van der Waals surface area contributed by atoms with Gasteiger partial charge in [0.05, 0.1) is 5.60 Å². The zero-order valence-electron chi connectivity index (χ0n) is 11.9. The minimum atomic E-state index is -0.931. The van der Waals surface area contributed by atoms with Gasteiger partial charge in [0.15, 0.2) is 0 Å². The van der Waals surface area contributed by atoms with E-state index < -0.39 is 5.60 Å². The van der Waals surface area contributed by atoms with Crippen molar-refractivity contribution in [3.63, 3.8) is 0 Å².